The number of hydrogen-bond donors (Lipinski definition) is 3. The largest absolute Gasteiger partial charge is 0.395 e. The number of nitrogens with zero attached hydrogens (tertiary/aromatic N) is 2. The van der Waals surface area contributed by atoms with E-state index in [-0.39, 0.29) is 12.5 Å². The monoisotopic (exact) mass is 256 g/mol. The van der Waals surface area contributed by atoms with Gasteiger partial charge in [0.1, 0.15) is 0 Å². The van der Waals surface area contributed by atoms with Crippen molar-refractivity contribution < 1.29 is 9.90 Å². The lowest BCUT2D eigenvalue weighted by atomic mass is 10.4. The topological polar surface area (TPSA) is 91.5 Å². The number of carbonyl (C=O) groups is 1. The molecule has 1 amide bonds. The number of nitrogens with two attached hydrogens (primary N) is 1. The predicted octanol–water partition coefficient (Wildman–Crippen LogP) is -0.297. The summed E-state index contributed by atoms with van der Waals surface area (Å²) in [5.74, 6) is 4.68. The van der Waals surface area contributed by atoms with Crippen LogP contribution in [0.25, 0.3) is 0 Å². The molecule has 0 bridgehead atoms. The Morgan fingerprint density at radius 1 is 1.71 bits per heavy atom. The molecule has 0 radical (unpaired) electrons. The van der Waals surface area contributed by atoms with Crippen LogP contribution in [0.3, 0.4) is 0 Å². The zero-order chi connectivity index (χ0) is 12.3. The summed E-state index contributed by atoms with van der Waals surface area (Å²) >= 11 is 1.28. The first-order valence-corrected chi connectivity index (χ1v) is 6.43. The molecule has 0 spiro atoms. The fourth-order valence-electron chi connectivity index (χ4n) is 1.71. The maximum atomic E-state index is 11.2. The van der Waals surface area contributed by atoms with Gasteiger partial charge >= 0.3 is 0 Å². The number of aromatic nitrogens is 1. The van der Waals surface area contributed by atoms with Crippen molar-refractivity contribution in [3.8, 4) is 0 Å². The molecule has 1 aromatic heterocycles. The number of aliphatic hydroxyl groups excluding tert-OH is 1. The molecule has 0 aliphatic heterocycles. The number of rotatable bonds is 6. The summed E-state index contributed by atoms with van der Waals surface area (Å²) in [5, 5.41) is 11.2. The van der Waals surface area contributed by atoms with E-state index in [4.69, 9.17) is 10.9 Å². The summed E-state index contributed by atoms with van der Waals surface area (Å²) in [4.78, 5) is 17.7. The highest BCUT2D eigenvalue weighted by Gasteiger charge is 2.29. The number of hydrogen-bond acceptors (Lipinski definition) is 6. The Morgan fingerprint density at radius 3 is 3.06 bits per heavy atom. The Labute approximate surface area is 103 Å². The molecule has 0 unspecified atom stereocenters. The average molecular weight is 256 g/mol. The molecule has 0 aromatic carbocycles. The molecule has 1 fully saturated rings. The van der Waals surface area contributed by atoms with Crippen LogP contribution in [0.2, 0.25) is 0 Å². The first kappa shape index (κ1) is 12.4. The molecule has 0 saturated heterocycles. The number of aliphatic hydroxyl groups is 1. The summed E-state index contributed by atoms with van der Waals surface area (Å²) in [6.45, 7) is 1.48. The lowest BCUT2D eigenvalue weighted by Crippen LogP contribution is -2.30. The summed E-state index contributed by atoms with van der Waals surface area (Å²) in [6.07, 6.45) is 2.36. The first-order chi connectivity index (χ1) is 8.24. The van der Waals surface area contributed by atoms with E-state index >= 15 is 0 Å². The first-order valence-electron chi connectivity index (χ1n) is 5.55. The predicted molar refractivity (Wildman–Crippen MR) is 64.3 cm³/mol. The van der Waals surface area contributed by atoms with Crippen LogP contribution in [0.1, 0.15) is 28.3 Å². The quantitative estimate of drug-likeness (QED) is 0.369. The van der Waals surface area contributed by atoms with Gasteiger partial charge in [-0.05, 0) is 12.8 Å². The third-order valence-corrected chi connectivity index (χ3v) is 3.58. The summed E-state index contributed by atoms with van der Waals surface area (Å²) in [5.41, 5.74) is 2.92. The van der Waals surface area contributed by atoms with Gasteiger partial charge in [-0.15, -0.1) is 11.3 Å². The highest BCUT2D eigenvalue weighted by molar-refractivity contribution is 7.11. The highest BCUT2D eigenvalue weighted by Crippen LogP contribution is 2.28. The minimum atomic E-state index is -0.360. The molecule has 1 heterocycles. The smallest absolute Gasteiger partial charge is 0.294 e. The zero-order valence-electron chi connectivity index (χ0n) is 9.43. The maximum Gasteiger partial charge on any atom is 0.294 e. The van der Waals surface area contributed by atoms with Crippen molar-refractivity contribution in [2.75, 3.05) is 13.2 Å². The molecule has 1 aliphatic rings. The summed E-state index contributed by atoms with van der Waals surface area (Å²) < 4.78 is 0. The van der Waals surface area contributed by atoms with E-state index in [1.165, 1.54) is 24.2 Å². The zero-order valence-corrected chi connectivity index (χ0v) is 10.2. The van der Waals surface area contributed by atoms with Crippen LogP contribution in [-0.2, 0) is 6.54 Å². The van der Waals surface area contributed by atoms with Crippen LogP contribution < -0.4 is 11.3 Å². The van der Waals surface area contributed by atoms with Gasteiger partial charge < -0.3 is 5.11 Å². The number of carbonyl (C=O) groups excluding carboxylic acids is 1. The van der Waals surface area contributed by atoms with Crippen LogP contribution in [0.15, 0.2) is 5.38 Å². The SMILES string of the molecule is NNC(=O)c1nc(CN(CCO)C2CC2)cs1. The van der Waals surface area contributed by atoms with Gasteiger partial charge in [-0.25, -0.2) is 10.8 Å². The number of nitrogen functional groups attached to an aromatic ring is 1. The normalized spacial score (nSPS) is 15.2. The molecule has 1 aromatic rings. The molecule has 6 nitrogen and oxygen atoms in total. The maximum absolute atomic E-state index is 11.2. The van der Waals surface area contributed by atoms with Gasteiger partial charge in [0.15, 0.2) is 5.01 Å². The van der Waals surface area contributed by atoms with Gasteiger partial charge in [0, 0.05) is 24.5 Å². The Balaban J connectivity index is 1.97. The van der Waals surface area contributed by atoms with E-state index in [9.17, 15) is 4.79 Å². The van der Waals surface area contributed by atoms with Crippen molar-refractivity contribution in [1.82, 2.24) is 15.3 Å². The molecule has 17 heavy (non-hydrogen) atoms. The van der Waals surface area contributed by atoms with Crippen LogP contribution in [0, 0.1) is 0 Å². The summed E-state index contributed by atoms with van der Waals surface area (Å²) in [6, 6.07) is 0.565. The molecule has 7 heteroatoms. The Kier molecular flexibility index (Phi) is 4.06. The number of nitrogens with one attached hydrogen (secondary N) is 1. The van der Waals surface area contributed by atoms with Gasteiger partial charge in [0.25, 0.3) is 5.91 Å². The Hall–Kier alpha value is -1.02. The van der Waals surface area contributed by atoms with Crippen molar-refractivity contribution in [3.63, 3.8) is 0 Å². The van der Waals surface area contributed by atoms with E-state index < -0.39 is 0 Å². The van der Waals surface area contributed by atoms with E-state index in [0.29, 0.717) is 24.1 Å². The van der Waals surface area contributed by atoms with Crippen LogP contribution >= 0.6 is 11.3 Å². The Bertz CT molecular complexity index is 391. The van der Waals surface area contributed by atoms with Crippen molar-refractivity contribution in [2.24, 2.45) is 5.84 Å². The summed E-state index contributed by atoms with van der Waals surface area (Å²) in [7, 11) is 0. The lowest BCUT2D eigenvalue weighted by molar-refractivity contribution is 0.0952. The molecule has 94 valence electrons. The number of amides is 1. The Morgan fingerprint density at radius 2 is 2.47 bits per heavy atom. The van der Waals surface area contributed by atoms with E-state index in [0.717, 1.165) is 5.69 Å². The molecule has 1 aliphatic carbocycles. The standard InChI is InChI=1S/C10H16N4O2S/c11-13-9(16)10-12-7(6-17-10)5-14(3-4-15)8-1-2-8/h6,8,15H,1-5,11H2,(H,13,16). The van der Waals surface area contributed by atoms with E-state index in [2.05, 4.69) is 15.3 Å². The number of thiazole rings is 1. The van der Waals surface area contributed by atoms with Gasteiger partial charge in [0.05, 0.1) is 12.3 Å². The molecular weight excluding hydrogens is 240 g/mol. The van der Waals surface area contributed by atoms with Crippen LogP contribution in [0.5, 0.6) is 0 Å². The fraction of sp³-hybridized carbons (Fsp3) is 0.600. The van der Waals surface area contributed by atoms with Crippen molar-refractivity contribution >= 4 is 17.2 Å². The van der Waals surface area contributed by atoms with E-state index in [1.807, 2.05) is 5.38 Å². The van der Waals surface area contributed by atoms with Gasteiger partial charge in [-0.1, -0.05) is 0 Å². The fourth-order valence-corrected chi connectivity index (χ4v) is 2.42. The third-order valence-electron chi connectivity index (χ3n) is 2.69. The molecular formula is C10H16N4O2S. The molecule has 4 N–H and O–H groups in total. The second kappa shape index (κ2) is 5.54. The second-order valence-electron chi connectivity index (χ2n) is 4.04. The van der Waals surface area contributed by atoms with Crippen molar-refractivity contribution in [2.45, 2.75) is 25.4 Å². The molecule has 1 saturated carbocycles. The molecule has 2 rings (SSSR count). The van der Waals surface area contributed by atoms with Crippen LogP contribution in [-0.4, -0.2) is 40.1 Å². The van der Waals surface area contributed by atoms with E-state index in [1.54, 1.807) is 0 Å². The number of hydrazine groups is 1. The molecule has 0 atom stereocenters. The van der Waals surface area contributed by atoms with Gasteiger partial charge in [-0.2, -0.15) is 0 Å². The minimum absolute atomic E-state index is 0.150. The average Bonchev–Trinajstić information content (AvgIpc) is 3.08. The van der Waals surface area contributed by atoms with Crippen molar-refractivity contribution in [1.29, 1.82) is 0 Å². The highest BCUT2D eigenvalue weighted by atomic mass is 32.1. The van der Waals surface area contributed by atoms with Crippen LogP contribution in [0.4, 0.5) is 0 Å². The second-order valence-corrected chi connectivity index (χ2v) is 4.90. The third kappa shape index (κ3) is 3.22. The lowest BCUT2D eigenvalue weighted by Gasteiger charge is -2.19. The minimum Gasteiger partial charge on any atom is -0.395 e. The van der Waals surface area contributed by atoms with Crippen molar-refractivity contribution in [3.05, 3.63) is 16.1 Å². The van der Waals surface area contributed by atoms with Gasteiger partial charge in [0.2, 0.25) is 0 Å². The van der Waals surface area contributed by atoms with Gasteiger partial charge in [-0.3, -0.25) is 15.1 Å².